The van der Waals surface area contributed by atoms with Gasteiger partial charge >= 0.3 is 0 Å². The molecule has 1 amide bonds. The van der Waals surface area contributed by atoms with E-state index in [0.717, 1.165) is 57.9 Å². The average Bonchev–Trinajstić information content (AvgIpc) is 3.72. The lowest BCUT2D eigenvalue weighted by Gasteiger charge is -2.37. The Morgan fingerprint density at radius 1 is 0.696 bits per heavy atom. The fraction of sp³-hybridized carbons (Fsp3) is 0.289. The van der Waals surface area contributed by atoms with Gasteiger partial charge in [-0.3, -0.25) is 4.79 Å². The van der Waals surface area contributed by atoms with Gasteiger partial charge in [-0.1, -0.05) is 66.2 Å². The molecule has 4 aromatic carbocycles. The molecule has 2 fully saturated rings. The molecule has 0 unspecified atom stereocenters. The Morgan fingerprint density at radius 2 is 1.28 bits per heavy atom. The van der Waals surface area contributed by atoms with E-state index in [0.29, 0.717) is 38.4 Å². The fourth-order valence-electron chi connectivity index (χ4n) is 7.20. The maximum atomic E-state index is 15.0. The molecular formula is C38H39ClN4O3. The van der Waals surface area contributed by atoms with Crippen LogP contribution >= 0.6 is 11.6 Å². The summed E-state index contributed by atoms with van der Waals surface area (Å²) < 4.78 is 2.25. The largest absolute Gasteiger partial charge is 0.508 e. The standard InChI is InChI=1S/C38H39ClN4O3/c39-32-8-2-4-10-34(32)41-22-24-42(25-23-41)38(46)37-36(31-7-1-3-9-33(31)43(37)26-21-40-19-5-6-20-40)35(27-11-15-29(44)16-12-27)28-13-17-30(45)18-14-28/h1-4,7-18,35,44-45H,5-6,19-26H2. The van der Waals surface area contributed by atoms with Crippen LogP contribution in [0.4, 0.5) is 5.69 Å². The van der Waals surface area contributed by atoms with Gasteiger partial charge in [0.15, 0.2) is 0 Å². The summed E-state index contributed by atoms with van der Waals surface area (Å²) in [5.74, 6) is 0.0966. The van der Waals surface area contributed by atoms with Gasteiger partial charge in [-0.05, 0) is 79.5 Å². The van der Waals surface area contributed by atoms with Crippen molar-refractivity contribution in [1.82, 2.24) is 14.4 Å². The van der Waals surface area contributed by atoms with Crippen LogP contribution in [0.5, 0.6) is 11.5 Å². The first kappa shape index (κ1) is 30.2. The molecule has 1 aromatic heterocycles. The third-order valence-electron chi connectivity index (χ3n) is 9.55. The number of hydrogen-bond acceptors (Lipinski definition) is 5. The lowest BCUT2D eigenvalue weighted by atomic mass is 9.83. The lowest BCUT2D eigenvalue weighted by molar-refractivity contribution is 0.0734. The number of phenols is 2. The molecule has 7 rings (SSSR count). The van der Waals surface area contributed by atoms with Crippen molar-refractivity contribution in [3.8, 4) is 11.5 Å². The first-order chi connectivity index (χ1) is 22.5. The first-order valence-electron chi connectivity index (χ1n) is 16.2. The minimum Gasteiger partial charge on any atom is -0.508 e. The molecule has 0 spiro atoms. The van der Waals surface area contributed by atoms with Gasteiger partial charge in [-0.2, -0.15) is 0 Å². The summed E-state index contributed by atoms with van der Waals surface area (Å²) in [5.41, 5.74) is 5.62. The number of likely N-dealkylation sites (tertiary alicyclic amines) is 1. The quantitative estimate of drug-likeness (QED) is 0.193. The van der Waals surface area contributed by atoms with E-state index in [9.17, 15) is 15.0 Å². The molecule has 46 heavy (non-hydrogen) atoms. The smallest absolute Gasteiger partial charge is 0.270 e. The van der Waals surface area contributed by atoms with Gasteiger partial charge in [-0.25, -0.2) is 0 Å². The van der Waals surface area contributed by atoms with E-state index in [-0.39, 0.29) is 23.3 Å². The van der Waals surface area contributed by atoms with Gasteiger partial charge < -0.3 is 29.5 Å². The van der Waals surface area contributed by atoms with Gasteiger partial charge in [0, 0.05) is 61.7 Å². The summed E-state index contributed by atoms with van der Waals surface area (Å²) in [6, 6.07) is 30.7. The zero-order valence-electron chi connectivity index (χ0n) is 25.9. The topological polar surface area (TPSA) is 72.2 Å². The Kier molecular flexibility index (Phi) is 8.61. The molecule has 0 saturated carbocycles. The highest BCUT2D eigenvalue weighted by Gasteiger charge is 2.34. The molecule has 0 atom stereocenters. The molecular weight excluding hydrogens is 596 g/mol. The van der Waals surface area contributed by atoms with Crippen LogP contribution in [0.15, 0.2) is 97.1 Å². The molecule has 0 bridgehead atoms. The van der Waals surface area contributed by atoms with Gasteiger partial charge in [0.05, 0.1) is 10.7 Å². The number of nitrogens with zero attached hydrogens (tertiary/aromatic N) is 4. The highest BCUT2D eigenvalue weighted by atomic mass is 35.5. The van der Waals surface area contributed by atoms with Crippen molar-refractivity contribution in [2.45, 2.75) is 25.3 Å². The second-order valence-corrected chi connectivity index (χ2v) is 12.7. The molecule has 0 radical (unpaired) electrons. The van der Waals surface area contributed by atoms with Crippen molar-refractivity contribution in [3.63, 3.8) is 0 Å². The third kappa shape index (κ3) is 5.93. The summed E-state index contributed by atoms with van der Waals surface area (Å²) >= 11 is 6.54. The van der Waals surface area contributed by atoms with E-state index in [4.69, 9.17) is 11.6 Å². The number of aromatic nitrogens is 1. The molecule has 5 aromatic rings. The Bertz CT molecular complexity index is 1780. The second kappa shape index (κ2) is 13.1. The van der Waals surface area contributed by atoms with Crippen molar-refractivity contribution < 1.29 is 15.0 Å². The number of phenolic OH excluding ortho intramolecular Hbond substituents is 2. The summed E-state index contributed by atoms with van der Waals surface area (Å²) in [5, 5.41) is 22.1. The third-order valence-corrected chi connectivity index (χ3v) is 9.87. The highest BCUT2D eigenvalue weighted by molar-refractivity contribution is 6.33. The van der Waals surface area contributed by atoms with Crippen LogP contribution in [0.25, 0.3) is 10.9 Å². The first-order valence-corrected chi connectivity index (χ1v) is 16.6. The van der Waals surface area contributed by atoms with Crippen molar-refractivity contribution in [2.75, 3.05) is 50.7 Å². The maximum absolute atomic E-state index is 15.0. The molecule has 236 valence electrons. The molecule has 2 aliphatic heterocycles. The number of aromatic hydroxyl groups is 2. The van der Waals surface area contributed by atoms with Crippen molar-refractivity contribution in [1.29, 1.82) is 0 Å². The maximum Gasteiger partial charge on any atom is 0.270 e. The van der Waals surface area contributed by atoms with Gasteiger partial charge in [0.1, 0.15) is 17.2 Å². The molecule has 0 aliphatic carbocycles. The van der Waals surface area contributed by atoms with E-state index in [2.05, 4.69) is 26.5 Å². The minimum atomic E-state index is -0.303. The van der Waals surface area contributed by atoms with Crippen LogP contribution in [0.2, 0.25) is 5.02 Å². The Labute approximate surface area is 274 Å². The number of piperazine rings is 1. The number of amides is 1. The molecule has 7 nitrogen and oxygen atoms in total. The molecule has 2 saturated heterocycles. The van der Waals surface area contributed by atoms with Gasteiger partial charge in [0.25, 0.3) is 5.91 Å². The van der Waals surface area contributed by atoms with E-state index in [1.165, 1.54) is 12.8 Å². The zero-order chi connectivity index (χ0) is 31.6. The molecule has 2 aliphatic rings. The van der Waals surface area contributed by atoms with Crippen LogP contribution < -0.4 is 4.90 Å². The Morgan fingerprint density at radius 3 is 1.91 bits per heavy atom. The SMILES string of the molecule is O=C(c1c(C(c2ccc(O)cc2)c2ccc(O)cc2)c2ccccc2n1CCN1CCCC1)N1CCN(c2ccccc2Cl)CC1. The van der Waals surface area contributed by atoms with E-state index >= 15 is 0 Å². The van der Waals surface area contributed by atoms with Crippen LogP contribution in [0, 0.1) is 0 Å². The number of carbonyl (C=O) groups excluding carboxylic acids is 1. The predicted octanol–water partition coefficient (Wildman–Crippen LogP) is 6.94. The van der Waals surface area contributed by atoms with Crippen LogP contribution in [-0.4, -0.2) is 76.3 Å². The predicted molar refractivity (Wildman–Crippen MR) is 184 cm³/mol. The van der Waals surface area contributed by atoms with Gasteiger partial charge in [-0.15, -0.1) is 0 Å². The van der Waals surface area contributed by atoms with E-state index in [1.807, 2.05) is 65.6 Å². The molecule has 8 heteroatoms. The number of rotatable bonds is 8. The number of fused-ring (bicyclic) bond motifs is 1. The minimum absolute atomic E-state index is 0.0222. The number of carbonyl (C=O) groups is 1. The number of anilines is 1. The normalized spacial score (nSPS) is 15.7. The van der Waals surface area contributed by atoms with Crippen molar-refractivity contribution in [2.24, 2.45) is 0 Å². The highest BCUT2D eigenvalue weighted by Crippen LogP contribution is 2.41. The second-order valence-electron chi connectivity index (χ2n) is 12.3. The Balaban J connectivity index is 1.35. The Hall–Kier alpha value is -4.46. The van der Waals surface area contributed by atoms with Crippen LogP contribution in [0.1, 0.15) is 45.9 Å². The number of benzene rings is 4. The van der Waals surface area contributed by atoms with Crippen LogP contribution in [-0.2, 0) is 6.54 Å². The van der Waals surface area contributed by atoms with E-state index in [1.54, 1.807) is 24.3 Å². The molecule has 2 N–H and O–H groups in total. The zero-order valence-corrected chi connectivity index (χ0v) is 26.6. The fourth-order valence-corrected chi connectivity index (χ4v) is 7.46. The monoisotopic (exact) mass is 634 g/mol. The van der Waals surface area contributed by atoms with Crippen molar-refractivity contribution >= 4 is 34.1 Å². The van der Waals surface area contributed by atoms with E-state index < -0.39 is 0 Å². The molecule has 3 heterocycles. The van der Waals surface area contributed by atoms with Gasteiger partial charge in [0.2, 0.25) is 0 Å². The number of para-hydroxylation sites is 2. The van der Waals surface area contributed by atoms with Crippen LogP contribution in [0.3, 0.4) is 0 Å². The summed E-state index contributed by atoms with van der Waals surface area (Å²) in [6.07, 6.45) is 2.42. The lowest BCUT2D eigenvalue weighted by Crippen LogP contribution is -2.49. The average molecular weight is 635 g/mol. The summed E-state index contributed by atoms with van der Waals surface area (Å²) in [4.78, 5) is 21.7. The number of hydrogen-bond donors (Lipinski definition) is 2. The van der Waals surface area contributed by atoms with Crippen molar-refractivity contribution in [3.05, 3.63) is 124 Å². The summed E-state index contributed by atoms with van der Waals surface area (Å²) in [6.45, 7) is 6.31. The number of halogens is 1. The summed E-state index contributed by atoms with van der Waals surface area (Å²) in [7, 11) is 0.